The highest BCUT2D eigenvalue weighted by Gasteiger charge is 2.23. The van der Waals surface area contributed by atoms with Gasteiger partial charge in [-0.2, -0.15) is 0 Å². The summed E-state index contributed by atoms with van der Waals surface area (Å²) >= 11 is 0. The molecule has 0 unspecified atom stereocenters. The quantitative estimate of drug-likeness (QED) is 0.507. The molecule has 33 heavy (non-hydrogen) atoms. The summed E-state index contributed by atoms with van der Waals surface area (Å²) in [5.74, 6) is -0.986. The third-order valence-corrected chi connectivity index (χ3v) is 5.91. The Hall–Kier alpha value is -3.91. The number of rotatable bonds is 5. The molecular weight excluding hydrogens is 419 g/mol. The second-order valence-electron chi connectivity index (χ2n) is 8.11. The van der Waals surface area contributed by atoms with Crippen LogP contribution in [-0.2, 0) is 19.5 Å². The number of aromatic nitrogens is 4. The highest BCUT2D eigenvalue weighted by Crippen LogP contribution is 2.27. The van der Waals surface area contributed by atoms with Crippen LogP contribution in [0.15, 0.2) is 67.0 Å². The first-order valence-electron chi connectivity index (χ1n) is 10.8. The summed E-state index contributed by atoms with van der Waals surface area (Å²) < 4.78 is 15.6. The van der Waals surface area contributed by atoms with Crippen molar-refractivity contribution in [1.82, 2.24) is 24.9 Å². The van der Waals surface area contributed by atoms with E-state index in [1.807, 2.05) is 24.4 Å². The SMILES string of the molecule is Cc1c(C(=O)Nc2ccccc2F)nnn1-c1cccc2c1CCN(Cc1cccnc1)C2. The van der Waals surface area contributed by atoms with E-state index in [9.17, 15) is 9.18 Å². The Labute approximate surface area is 190 Å². The number of pyridine rings is 1. The van der Waals surface area contributed by atoms with Crippen molar-refractivity contribution in [3.8, 4) is 5.69 Å². The van der Waals surface area contributed by atoms with E-state index in [4.69, 9.17) is 0 Å². The maximum absolute atomic E-state index is 13.9. The van der Waals surface area contributed by atoms with Crippen LogP contribution in [0.4, 0.5) is 10.1 Å². The lowest BCUT2D eigenvalue weighted by Crippen LogP contribution is -2.31. The number of hydrogen-bond donors (Lipinski definition) is 1. The lowest BCUT2D eigenvalue weighted by Gasteiger charge is -2.30. The molecule has 5 rings (SSSR count). The van der Waals surface area contributed by atoms with E-state index in [0.29, 0.717) is 5.69 Å². The first kappa shape index (κ1) is 21.0. The molecule has 0 radical (unpaired) electrons. The van der Waals surface area contributed by atoms with Gasteiger partial charge in [0, 0.05) is 32.0 Å². The third-order valence-electron chi connectivity index (χ3n) is 5.91. The lowest BCUT2D eigenvalue weighted by molar-refractivity contribution is 0.102. The van der Waals surface area contributed by atoms with Crippen molar-refractivity contribution in [1.29, 1.82) is 0 Å². The molecule has 8 heteroatoms. The molecule has 0 atom stereocenters. The summed E-state index contributed by atoms with van der Waals surface area (Å²) in [6, 6.07) is 16.2. The molecule has 0 fully saturated rings. The van der Waals surface area contributed by atoms with Crippen molar-refractivity contribution < 1.29 is 9.18 Å². The number of nitrogens with one attached hydrogen (secondary N) is 1. The van der Waals surface area contributed by atoms with Gasteiger partial charge in [-0.05, 0) is 54.3 Å². The number of hydrogen-bond acceptors (Lipinski definition) is 5. The number of carbonyl (C=O) groups excluding carboxylic acids is 1. The van der Waals surface area contributed by atoms with Crippen LogP contribution < -0.4 is 5.32 Å². The molecule has 1 aliphatic heterocycles. The van der Waals surface area contributed by atoms with Crippen LogP contribution >= 0.6 is 0 Å². The fourth-order valence-corrected chi connectivity index (χ4v) is 4.24. The molecule has 1 amide bonds. The number of benzene rings is 2. The number of para-hydroxylation sites is 1. The normalized spacial score (nSPS) is 13.5. The van der Waals surface area contributed by atoms with E-state index in [0.717, 1.165) is 31.7 Å². The summed E-state index contributed by atoms with van der Waals surface area (Å²) in [4.78, 5) is 19.3. The first-order valence-corrected chi connectivity index (χ1v) is 10.8. The molecule has 0 bridgehead atoms. The number of halogens is 1. The highest BCUT2D eigenvalue weighted by atomic mass is 19.1. The summed E-state index contributed by atoms with van der Waals surface area (Å²) in [7, 11) is 0. The molecule has 0 saturated carbocycles. The van der Waals surface area contributed by atoms with Crippen molar-refractivity contribution in [3.05, 3.63) is 101 Å². The molecule has 166 valence electrons. The minimum atomic E-state index is -0.496. The molecule has 1 aliphatic rings. The van der Waals surface area contributed by atoms with Gasteiger partial charge in [0.05, 0.1) is 17.1 Å². The largest absolute Gasteiger partial charge is 0.318 e. The zero-order chi connectivity index (χ0) is 22.8. The maximum Gasteiger partial charge on any atom is 0.278 e. The number of anilines is 1. The fourth-order valence-electron chi connectivity index (χ4n) is 4.24. The molecule has 0 spiro atoms. The van der Waals surface area contributed by atoms with Gasteiger partial charge in [0.1, 0.15) is 5.82 Å². The van der Waals surface area contributed by atoms with Crippen molar-refractivity contribution in [2.45, 2.75) is 26.4 Å². The van der Waals surface area contributed by atoms with Crippen LogP contribution in [0, 0.1) is 12.7 Å². The summed E-state index contributed by atoms with van der Waals surface area (Å²) in [5.41, 5.74) is 5.43. The Bertz CT molecular complexity index is 1300. The second kappa shape index (κ2) is 8.91. The van der Waals surface area contributed by atoms with Crippen LogP contribution in [0.1, 0.15) is 32.9 Å². The van der Waals surface area contributed by atoms with E-state index in [1.165, 1.54) is 28.8 Å². The van der Waals surface area contributed by atoms with Gasteiger partial charge in [0.2, 0.25) is 0 Å². The van der Waals surface area contributed by atoms with Gasteiger partial charge >= 0.3 is 0 Å². The molecule has 7 nitrogen and oxygen atoms in total. The van der Waals surface area contributed by atoms with Gasteiger partial charge in [-0.1, -0.05) is 35.5 Å². The van der Waals surface area contributed by atoms with Gasteiger partial charge in [-0.3, -0.25) is 14.7 Å². The summed E-state index contributed by atoms with van der Waals surface area (Å²) in [6.07, 6.45) is 4.55. The predicted octanol–water partition coefficient (Wildman–Crippen LogP) is 3.92. The minimum absolute atomic E-state index is 0.113. The van der Waals surface area contributed by atoms with Crippen LogP contribution in [0.3, 0.4) is 0 Å². The average molecular weight is 442 g/mol. The number of nitrogens with zero attached hydrogens (tertiary/aromatic N) is 5. The van der Waals surface area contributed by atoms with E-state index >= 15 is 0 Å². The zero-order valence-corrected chi connectivity index (χ0v) is 18.2. The monoisotopic (exact) mass is 442 g/mol. The fraction of sp³-hybridized carbons (Fsp3) is 0.200. The minimum Gasteiger partial charge on any atom is -0.318 e. The van der Waals surface area contributed by atoms with Crippen molar-refractivity contribution >= 4 is 11.6 Å². The molecular formula is C25H23FN6O. The Morgan fingerprint density at radius 3 is 2.82 bits per heavy atom. The van der Waals surface area contributed by atoms with Crippen LogP contribution in [0.5, 0.6) is 0 Å². The predicted molar refractivity (Wildman–Crippen MR) is 123 cm³/mol. The molecule has 1 N–H and O–H groups in total. The van der Waals surface area contributed by atoms with Crippen LogP contribution in [0.2, 0.25) is 0 Å². The summed E-state index contributed by atoms with van der Waals surface area (Å²) in [6.45, 7) is 4.38. The van der Waals surface area contributed by atoms with E-state index < -0.39 is 11.7 Å². The first-order chi connectivity index (χ1) is 16.1. The van der Waals surface area contributed by atoms with E-state index in [1.54, 1.807) is 29.9 Å². The average Bonchev–Trinajstić information content (AvgIpc) is 3.22. The lowest BCUT2D eigenvalue weighted by atomic mass is 9.97. The Balaban J connectivity index is 1.38. The Morgan fingerprint density at radius 1 is 1.12 bits per heavy atom. The van der Waals surface area contributed by atoms with Gasteiger partial charge in [-0.15, -0.1) is 5.10 Å². The molecule has 2 aromatic heterocycles. The van der Waals surface area contributed by atoms with Gasteiger partial charge in [0.25, 0.3) is 5.91 Å². The molecule has 3 heterocycles. The standard InChI is InChI=1S/C25H23FN6O/c1-17-24(25(33)28-22-9-3-2-8-21(22)26)29-30-32(17)23-10-4-7-19-16-31(13-11-20(19)23)15-18-6-5-12-27-14-18/h2-10,12,14H,11,13,15-16H2,1H3,(H,28,33). The highest BCUT2D eigenvalue weighted by molar-refractivity contribution is 6.03. The van der Waals surface area contributed by atoms with Crippen molar-refractivity contribution in [2.24, 2.45) is 0 Å². The van der Waals surface area contributed by atoms with E-state index in [2.05, 4.69) is 37.6 Å². The Kier molecular flexibility index (Phi) is 5.66. The van der Waals surface area contributed by atoms with Gasteiger partial charge < -0.3 is 5.32 Å². The smallest absolute Gasteiger partial charge is 0.278 e. The van der Waals surface area contributed by atoms with Crippen LogP contribution in [0.25, 0.3) is 5.69 Å². The maximum atomic E-state index is 13.9. The number of carbonyl (C=O) groups is 1. The van der Waals surface area contributed by atoms with Gasteiger partial charge in [0.15, 0.2) is 5.69 Å². The second-order valence-corrected chi connectivity index (χ2v) is 8.11. The number of amides is 1. The van der Waals surface area contributed by atoms with Gasteiger partial charge in [-0.25, -0.2) is 9.07 Å². The summed E-state index contributed by atoms with van der Waals surface area (Å²) in [5, 5.41) is 10.9. The Morgan fingerprint density at radius 2 is 2.00 bits per heavy atom. The van der Waals surface area contributed by atoms with E-state index in [-0.39, 0.29) is 11.4 Å². The zero-order valence-electron chi connectivity index (χ0n) is 18.2. The van der Waals surface area contributed by atoms with Crippen molar-refractivity contribution in [2.75, 3.05) is 11.9 Å². The molecule has 4 aromatic rings. The third kappa shape index (κ3) is 4.25. The molecule has 0 aliphatic carbocycles. The molecule has 0 saturated heterocycles. The van der Waals surface area contributed by atoms with Crippen molar-refractivity contribution in [3.63, 3.8) is 0 Å². The topological polar surface area (TPSA) is 75.9 Å². The number of fused-ring (bicyclic) bond motifs is 1. The van der Waals surface area contributed by atoms with Crippen LogP contribution in [-0.4, -0.2) is 37.3 Å². The molecule has 2 aromatic carbocycles.